The molecule has 1 amide bonds. The molecule has 6 nitrogen and oxygen atoms in total. The minimum atomic E-state index is -0.435. The number of nitro benzene ring substituents is 1. The fraction of sp³-hybridized carbons (Fsp3) is 0.316. The van der Waals surface area contributed by atoms with Crippen molar-refractivity contribution >= 4 is 23.4 Å². The lowest BCUT2D eigenvalue weighted by molar-refractivity contribution is -0.384. The summed E-state index contributed by atoms with van der Waals surface area (Å²) >= 11 is 1.38. The molecule has 0 aromatic heterocycles. The van der Waals surface area contributed by atoms with E-state index in [1.54, 1.807) is 12.1 Å². The zero-order valence-corrected chi connectivity index (χ0v) is 16.0. The predicted octanol–water partition coefficient (Wildman–Crippen LogP) is 3.45. The Kier molecular flexibility index (Phi) is 7.17. The normalized spacial score (nSPS) is 12.0. The van der Waals surface area contributed by atoms with E-state index in [0.717, 1.165) is 17.0 Å². The van der Waals surface area contributed by atoms with Crippen molar-refractivity contribution in [2.24, 2.45) is 0 Å². The van der Waals surface area contributed by atoms with Crippen LogP contribution in [0, 0.1) is 10.1 Å². The number of carbonyl (C=O) groups is 1. The molecular weight excluding hydrogens is 350 g/mol. The number of hydrogen-bond donors (Lipinski definition) is 1. The van der Waals surface area contributed by atoms with E-state index >= 15 is 0 Å². The van der Waals surface area contributed by atoms with Gasteiger partial charge in [0.1, 0.15) is 0 Å². The molecule has 1 N–H and O–H groups in total. The van der Waals surface area contributed by atoms with Gasteiger partial charge in [-0.2, -0.15) is 0 Å². The first kappa shape index (κ1) is 19.9. The Morgan fingerprint density at radius 2 is 1.77 bits per heavy atom. The number of non-ortho nitro benzene ring substituents is 1. The molecule has 0 aliphatic rings. The third kappa shape index (κ3) is 5.86. The lowest BCUT2D eigenvalue weighted by atomic mass is 10.1. The molecule has 0 spiro atoms. The van der Waals surface area contributed by atoms with Crippen LogP contribution in [0.25, 0.3) is 0 Å². The van der Waals surface area contributed by atoms with Gasteiger partial charge in [0.2, 0.25) is 5.91 Å². The molecular formula is C19H23N3O3S. The lowest BCUT2D eigenvalue weighted by Crippen LogP contribution is -2.31. The maximum atomic E-state index is 12.4. The molecule has 0 aliphatic carbocycles. The summed E-state index contributed by atoms with van der Waals surface area (Å²) in [5, 5.41) is 13.4. The van der Waals surface area contributed by atoms with Gasteiger partial charge in [0.05, 0.1) is 10.2 Å². The molecule has 2 aromatic rings. The summed E-state index contributed by atoms with van der Waals surface area (Å²) in [4.78, 5) is 25.5. The Labute approximate surface area is 157 Å². The van der Waals surface area contributed by atoms with Crippen molar-refractivity contribution in [3.8, 4) is 0 Å². The third-order valence-corrected chi connectivity index (χ3v) is 4.90. The molecule has 0 unspecified atom stereocenters. The molecule has 0 saturated carbocycles. The monoisotopic (exact) mass is 373 g/mol. The maximum absolute atomic E-state index is 12.4. The largest absolute Gasteiger partial charge is 0.351 e. The highest BCUT2D eigenvalue weighted by Gasteiger charge is 2.15. The SMILES string of the molecule is C[C@H](Sc1ccc([N+](=O)[O-])cc1)C(=O)NCc1ccccc1CN(C)C. The molecule has 138 valence electrons. The molecule has 7 heteroatoms. The molecule has 1 atom stereocenters. The summed E-state index contributed by atoms with van der Waals surface area (Å²) < 4.78 is 0. The summed E-state index contributed by atoms with van der Waals surface area (Å²) in [6.45, 7) is 3.13. The lowest BCUT2D eigenvalue weighted by Gasteiger charge is -2.16. The van der Waals surface area contributed by atoms with Crippen molar-refractivity contribution in [3.63, 3.8) is 0 Å². The number of thioether (sulfide) groups is 1. The quantitative estimate of drug-likeness (QED) is 0.436. The fourth-order valence-electron chi connectivity index (χ4n) is 2.46. The molecule has 0 saturated heterocycles. The van der Waals surface area contributed by atoms with Gasteiger partial charge in [0.25, 0.3) is 5.69 Å². The van der Waals surface area contributed by atoms with Gasteiger partial charge in [-0.1, -0.05) is 24.3 Å². The Morgan fingerprint density at radius 1 is 1.15 bits per heavy atom. The second-order valence-corrected chi connectivity index (χ2v) is 7.65. The van der Waals surface area contributed by atoms with Gasteiger partial charge < -0.3 is 10.2 Å². The summed E-state index contributed by atoms with van der Waals surface area (Å²) in [6, 6.07) is 14.3. The highest BCUT2D eigenvalue weighted by Crippen LogP contribution is 2.25. The predicted molar refractivity (Wildman–Crippen MR) is 104 cm³/mol. The van der Waals surface area contributed by atoms with Crippen LogP contribution in [-0.4, -0.2) is 35.1 Å². The van der Waals surface area contributed by atoms with Crippen LogP contribution in [-0.2, 0) is 17.9 Å². The average molecular weight is 373 g/mol. The molecule has 0 aliphatic heterocycles. The van der Waals surface area contributed by atoms with Crippen LogP contribution in [0.5, 0.6) is 0 Å². The highest BCUT2D eigenvalue weighted by molar-refractivity contribution is 8.00. The van der Waals surface area contributed by atoms with Crippen LogP contribution >= 0.6 is 11.8 Å². The van der Waals surface area contributed by atoms with Gasteiger partial charge in [-0.15, -0.1) is 11.8 Å². The zero-order chi connectivity index (χ0) is 19.1. The van der Waals surface area contributed by atoms with Crippen molar-refractivity contribution in [1.82, 2.24) is 10.2 Å². The van der Waals surface area contributed by atoms with Crippen LogP contribution in [0.1, 0.15) is 18.1 Å². The van der Waals surface area contributed by atoms with Gasteiger partial charge in [-0.25, -0.2) is 0 Å². The summed E-state index contributed by atoms with van der Waals surface area (Å²) in [7, 11) is 4.02. The number of nitro groups is 1. The second kappa shape index (κ2) is 9.35. The zero-order valence-electron chi connectivity index (χ0n) is 15.1. The van der Waals surface area contributed by atoms with E-state index in [-0.39, 0.29) is 16.8 Å². The first-order valence-corrected chi connectivity index (χ1v) is 9.15. The van der Waals surface area contributed by atoms with Crippen LogP contribution in [0.15, 0.2) is 53.4 Å². The van der Waals surface area contributed by atoms with Gasteiger partial charge in [-0.3, -0.25) is 14.9 Å². The number of benzene rings is 2. The summed E-state index contributed by atoms with van der Waals surface area (Å²) in [6.07, 6.45) is 0. The molecule has 0 fully saturated rings. The topological polar surface area (TPSA) is 75.5 Å². The van der Waals surface area contributed by atoms with E-state index in [0.29, 0.717) is 6.54 Å². The van der Waals surface area contributed by atoms with E-state index in [1.807, 2.05) is 39.2 Å². The number of hydrogen-bond acceptors (Lipinski definition) is 5. The van der Waals surface area contributed by atoms with Gasteiger partial charge in [0, 0.05) is 30.1 Å². The van der Waals surface area contributed by atoms with Crippen LogP contribution in [0.3, 0.4) is 0 Å². The fourth-order valence-corrected chi connectivity index (χ4v) is 3.35. The number of carbonyl (C=O) groups excluding carboxylic acids is 1. The number of rotatable bonds is 8. The maximum Gasteiger partial charge on any atom is 0.269 e. The smallest absolute Gasteiger partial charge is 0.269 e. The molecule has 26 heavy (non-hydrogen) atoms. The van der Waals surface area contributed by atoms with E-state index in [2.05, 4.69) is 16.3 Å². The van der Waals surface area contributed by atoms with Crippen molar-refractivity contribution in [3.05, 3.63) is 69.8 Å². The minimum absolute atomic E-state index is 0.0453. The van der Waals surface area contributed by atoms with Crippen molar-refractivity contribution in [2.75, 3.05) is 14.1 Å². The first-order valence-electron chi connectivity index (χ1n) is 8.27. The average Bonchev–Trinajstić information content (AvgIpc) is 2.60. The first-order chi connectivity index (χ1) is 12.4. The van der Waals surface area contributed by atoms with E-state index in [1.165, 1.54) is 29.5 Å². The molecule has 0 heterocycles. The van der Waals surface area contributed by atoms with Crippen molar-refractivity contribution < 1.29 is 9.72 Å². The number of amides is 1. The van der Waals surface area contributed by atoms with Crippen molar-refractivity contribution in [1.29, 1.82) is 0 Å². The highest BCUT2D eigenvalue weighted by atomic mass is 32.2. The van der Waals surface area contributed by atoms with Crippen LogP contribution in [0.2, 0.25) is 0 Å². The Bertz CT molecular complexity index is 763. The van der Waals surface area contributed by atoms with Crippen molar-refractivity contribution in [2.45, 2.75) is 30.2 Å². The standard InChI is InChI=1S/C19H23N3O3S/c1-14(26-18-10-8-17(9-11-18)22(24)25)19(23)20-12-15-6-4-5-7-16(15)13-21(2)3/h4-11,14H,12-13H2,1-3H3,(H,20,23)/t14-/m0/s1. The van der Waals surface area contributed by atoms with E-state index < -0.39 is 4.92 Å². The molecule has 0 bridgehead atoms. The molecule has 2 rings (SSSR count). The van der Waals surface area contributed by atoms with Crippen LogP contribution in [0.4, 0.5) is 5.69 Å². The Hall–Kier alpha value is -2.38. The Morgan fingerprint density at radius 3 is 2.35 bits per heavy atom. The van der Waals surface area contributed by atoms with E-state index in [9.17, 15) is 14.9 Å². The third-order valence-electron chi connectivity index (χ3n) is 3.79. The number of nitrogens with one attached hydrogen (secondary N) is 1. The molecule has 2 aromatic carbocycles. The summed E-state index contributed by atoms with van der Waals surface area (Å²) in [5.74, 6) is -0.0620. The van der Waals surface area contributed by atoms with Gasteiger partial charge in [-0.05, 0) is 44.3 Å². The number of nitrogens with zero attached hydrogens (tertiary/aromatic N) is 2. The van der Waals surface area contributed by atoms with E-state index in [4.69, 9.17) is 0 Å². The van der Waals surface area contributed by atoms with Gasteiger partial charge >= 0.3 is 0 Å². The van der Waals surface area contributed by atoms with Gasteiger partial charge in [0.15, 0.2) is 0 Å². The minimum Gasteiger partial charge on any atom is -0.351 e. The Balaban J connectivity index is 1.92. The molecule has 0 radical (unpaired) electrons. The van der Waals surface area contributed by atoms with Crippen LogP contribution < -0.4 is 5.32 Å². The second-order valence-electron chi connectivity index (χ2n) is 6.24. The summed E-state index contributed by atoms with van der Waals surface area (Å²) in [5.41, 5.74) is 2.33.